The Morgan fingerprint density at radius 1 is 0.621 bits per heavy atom. The van der Waals surface area contributed by atoms with E-state index < -0.39 is 88.0 Å². The smallest absolute Gasteiger partial charge is 0.331 e. The molecule has 0 atom stereocenters. The van der Waals surface area contributed by atoms with Gasteiger partial charge >= 0.3 is 5.97 Å². The van der Waals surface area contributed by atoms with E-state index in [1.165, 1.54) is 0 Å². The molecule has 0 fully saturated rings. The quantitative estimate of drug-likeness (QED) is 0.303. The van der Waals surface area contributed by atoms with Gasteiger partial charge in [-0.15, -0.1) is 0 Å². The van der Waals surface area contributed by atoms with Gasteiger partial charge in [-0.2, -0.15) is 0 Å². The maximum absolute atomic E-state index is 14.1. The van der Waals surface area contributed by atoms with Crippen molar-refractivity contribution < 1.29 is 58.2 Å². The van der Waals surface area contributed by atoms with Gasteiger partial charge in [-0.05, 0) is 0 Å². The van der Waals surface area contributed by atoms with Gasteiger partial charge in [0.1, 0.15) is 12.7 Å². The van der Waals surface area contributed by atoms with E-state index in [2.05, 4.69) is 9.47 Å². The Morgan fingerprint density at radius 2 is 0.897 bits per heavy atom. The Kier molecular flexibility index (Phi) is 6.40. The summed E-state index contributed by atoms with van der Waals surface area (Å²) in [6.07, 6.45) is -3.11. The van der Waals surface area contributed by atoms with E-state index in [-0.39, 0.29) is 0 Å². The normalized spacial score (nSPS) is 11.3. The average molecular weight is 436 g/mol. The van der Waals surface area contributed by atoms with Crippen LogP contribution in [0.2, 0.25) is 0 Å². The Morgan fingerprint density at radius 3 is 1.17 bits per heavy atom. The lowest BCUT2D eigenvalue weighted by Gasteiger charge is -2.21. The van der Waals surface area contributed by atoms with E-state index in [0.29, 0.717) is 0 Å². The molecule has 0 saturated carbocycles. The fraction of sp³-hybridized carbons (Fsp3) is 0.188. The van der Waals surface area contributed by atoms with Gasteiger partial charge in [0.15, 0.2) is 46.5 Å². The molecule has 0 aromatic heterocycles. The van der Waals surface area contributed by atoms with E-state index in [1.54, 1.807) is 0 Å². The molecule has 0 N–H and O–H groups in total. The lowest BCUT2D eigenvalue weighted by atomic mass is 9.97. The third-order valence-corrected chi connectivity index (χ3v) is 3.61. The van der Waals surface area contributed by atoms with Crippen LogP contribution in [-0.4, -0.2) is 19.7 Å². The number of hydrogen-bond acceptors (Lipinski definition) is 3. The molecule has 3 nitrogen and oxygen atoms in total. The summed E-state index contributed by atoms with van der Waals surface area (Å²) in [5, 5.41) is 0. The fourth-order valence-corrected chi connectivity index (χ4v) is 2.23. The molecule has 0 radical (unpaired) electrons. The minimum absolute atomic E-state index is 0.761. The van der Waals surface area contributed by atoms with Crippen molar-refractivity contribution in [2.24, 2.45) is 0 Å². The van der Waals surface area contributed by atoms with Gasteiger partial charge in [0.05, 0.1) is 18.2 Å². The first kappa shape index (κ1) is 22.5. The molecule has 2 aromatic carbocycles. The molecule has 0 aliphatic rings. The van der Waals surface area contributed by atoms with Crippen molar-refractivity contribution in [3.63, 3.8) is 0 Å². The van der Waals surface area contributed by atoms with Crippen LogP contribution in [0.1, 0.15) is 17.2 Å². The maximum Gasteiger partial charge on any atom is 0.331 e. The Hall–Kier alpha value is -2.83. The first-order valence-corrected chi connectivity index (χ1v) is 7.16. The summed E-state index contributed by atoms with van der Waals surface area (Å²) in [5.41, 5.74) is -4.18. The molecule has 0 bridgehead atoms. The second kappa shape index (κ2) is 8.27. The van der Waals surface area contributed by atoms with Crippen molar-refractivity contribution in [1.82, 2.24) is 0 Å². The number of hydrogen-bond donors (Lipinski definition) is 0. The number of benzene rings is 2. The zero-order valence-electron chi connectivity index (χ0n) is 13.8. The van der Waals surface area contributed by atoms with Crippen molar-refractivity contribution in [1.29, 1.82) is 0 Å². The van der Waals surface area contributed by atoms with E-state index in [1.807, 2.05) is 0 Å². The maximum atomic E-state index is 14.1. The Balaban J connectivity index is 2.87. The molecule has 13 heteroatoms. The summed E-state index contributed by atoms with van der Waals surface area (Å²) in [7, 11) is 0.761. The molecule has 0 saturated heterocycles. The summed E-state index contributed by atoms with van der Waals surface area (Å²) in [6.45, 7) is -1.42. The number of ether oxygens (including phenoxy) is 2. The second-order valence-electron chi connectivity index (χ2n) is 5.23. The van der Waals surface area contributed by atoms with E-state index >= 15 is 0 Å². The molecule has 2 aromatic rings. The highest BCUT2D eigenvalue weighted by atomic mass is 19.2. The second-order valence-corrected chi connectivity index (χ2v) is 5.23. The lowest BCUT2D eigenvalue weighted by molar-refractivity contribution is -0.147. The predicted molar refractivity (Wildman–Crippen MR) is 72.3 cm³/mol. The van der Waals surface area contributed by atoms with Gasteiger partial charge in [-0.3, -0.25) is 0 Å². The van der Waals surface area contributed by atoms with Crippen LogP contribution in [0.3, 0.4) is 0 Å². The van der Waals surface area contributed by atoms with Gasteiger partial charge in [0.2, 0.25) is 11.6 Å². The number of esters is 1. The molecule has 0 unspecified atom stereocenters. The highest BCUT2D eigenvalue weighted by Crippen LogP contribution is 2.38. The van der Waals surface area contributed by atoms with Gasteiger partial charge in [0.25, 0.3) is 0 Å². The molecule has 0 aliphatic heterocycles. The van der Waals surface area contributed by atoms with Crippen LogP contribution in [0.5, 0.6) is 0 Å². The topological polar surface area (TPSA) is 35.5 Å². The van der Waals surface area contributed by atoms with Crippen molar-refractivity contribution in [3.05, 3.63) is 69.3 Å². The molecule has 158 valence electrons. The SMILES string of the molecule is COC(=O)COC(c1c(F)c(F)c(F)c(F)c1F)c1c(F)c(F)c(F)c(F)c1F. The molecule has 0 amide bonds. The van der Waals surface area contributed by atoms with Gasteiger partial charge in [0, 0.05) is 0 Å². The first-order valence-electron chi connectivity index (χ1n) is 7.16. The highest BCUT2D eigenvalue weighted by molar-refractivity contribution is 5.70. The Bertz CT molecular complexity index is 864. The van der Waals surface area contributed by atoms with Crippen molar-refractivity contribution in [2.45, 2.75) is 6.10 Å². The van der Waals surface area contributed by atoms with Crippen molar-refractivity contribution in [2.75, 3.05) is 13.7 Å². The highest BCUT2D eigenvalue weighted by Gasteiger charge is 2.38. The van der Waals surface area contributed by atoms with Crippen LogP contribution in [0.25, 0.3) is 0 Å². The summed E-state index contributed by atoms with van der Waals surface area (Å²) in [6, 6.07) is 0. The summed E-state index contributed by atoms with van der Waals surface area (Å²) in [5.74, 6) is -27.8. The summed E-state index contributed by atoms with van der Waals surface area (Å²) >= 11 is 0. The summed E-state index contributed by atoms with van der Waals surface area (Å²) < 4.78 is 145. The van der Waals surface area contributed by atoms with Crippen LogP contribution in [0.4, 0.5) is 43.9 Å². The molecule has 0 heterocycles. The molecule has 29 heavy (non-hydrogen) atoms. The van der Waals surface area contributed by atoms with Gasteiger partial charge < -0.3 is 9.47 Å². The molecule has 2 rings (SSSR count). The van der Waals surface area contributed by atoms with Gasteiger partial charge in [-0.25, -0.2) is 48.7 Å². The zero-order chi connectivity index (χ0) is 22.2. The zero-order valence-corrected chi connectivity index (χ0v) is 13.8. The first-order chi connectivity index (χ1) is 13.4. The minimum Gasteiger partial charge on any atom is -0.467 e. The number of carbonyl (C=O) groups excluding carboxylic acids is 1. The van der Waals surface area contributed by atoms with Crippen LogP contribution < -0.4 is 0 Å². The minimum atomic E-state index is -3.11. The van der Waals surface area contributed by atoms with E-state index in [0.717, 1.165) is 7.11 Å². The molecular formula is C16H6F10O3. The van der Waals surface area contributed by atoms with Crippen LogP contribution >= 0.6 is 0 Å². The van der Waals surface area contributed by atoms with Crippen molar-refractivity contribution in [3.8, 4) is 0 Å². The third kappa shape index (κ3) is 3.73. The van der Waals surface area contributed by atoms with Crippen molar-refractivity contribution >= 4 is 5.97 Å². The van der Waals surface area contributed by atoms with Crippen LogP contribution in [0, 0.1) is 58.2 Å². The number of methoxy groups -OCH3 is 1. The Labute approximate surface area is 154 Å². The van der Waals surface area contributed by atoms with E-state index in [4.69, 9.17) is 0 Å². The molecule has 0 aliphatic carbocycles. The number of rotatable bonds is 5. The van der Waals surface area contributed by atoms with Crippen LogP contribution in [0.15, 0.2) is 0 Å². The summed E-state index contributed by atoms with van der Waals surface area (Å²) in [4.78, 5) is 11.2. The third-order valence-electron chi connectivity index (χ3n) is 3.61. The van der Waals surface area contributed by atoms with Gasteiger partial charge in [-0.1, -0.05) is 0 Å². The average Bonchev–Trinajstić information content (AvgIpc) is 2.71. The molecule has 0 spiro atoms. The number of halogens is 10. The largest absolute Gasteiger partial charge is 0.467 e. The predicted octanol–water partition coefficient (Wildman–Crippen LogP) is 4.36. The van der Waals surface area contributed by atoms with E-state index in [9.17, 15) is 48.7 Å². The number of carbonyl (C=O) groups is 1. The standard InChI is InChI=1S/C16H6F10O3/c1-28-3(27)2-29-16(4-6(17)10(21)14(25)11(22)7(4)18)5-8(19)12(23)15(26)13(24)9(5)20/h16H,2H2,1H3. The monoisotopic (exact) mass is 436 g/mol. The molecular weight excluding hydrogens is 430 g/mol. The lowest BCUT2D eigenvalue weighted by Crippen LogP contribution is -2.22. The fourth-order valence-electron chi connectivity index (χ4n) is 2.23. The van der Waals surface area contributed by atoms with Crippen LogP contribution in [-0.2, 0) is 14.3 Å².